The molecule has 2 heterocycles. The fourth-order valence-corrected chi connectivity index (χ4v) is 2.23. The number of rotatable bonds is 6. The van der Waals surface area contributed by atoms with Crippen LogP contribution >= 0.6 is 24.8 Å². The Labute approximate surface area is 147 Å². The highest BCUT2D eigenvalue weighted by atomic mass is 35.5. The van der Waals surface area contributed by atoms with E-state index >= 15 is 0 Å². The molecule has 128 valence electrons. The minimum Gasteiger partial charge on any atom is -0.369 e. The number of amides is 1. The molecule has 9 heteroatoms. The van der Waals surface area contributed by atoms with Crippen LogP contribution in [-0.4, -0.2) is 54.2 Å². The third-order valence-corrected chi connectivity index (χ3v) is 3.27. The zero-order valence-corrected chi connectivity index (χ0v) is 14.1. The summed E-state index contributed by atoms with van der Waals surface area (Å²) in [6.45, 7) is 1.32. The summed E-state index contributed by atoms with van der Waals surface area (Å²) in [4.78, 5) is 17.3. The van der Waals surface area contributed by atoms with Crippen LogP contribution in [0.15, 0.2) is 24.4 Å². The van der Waals surface area contributed by atoms with Crippen molar-refractivity contribution in [3.8, 4) is 6.07 Å². The van der Waals surface area contributed by atoms with Gasteiger partial charge >= 0.3 is 0 Å². The van der Waals surface area contributed by atoms with Gasteiger partial charge in [0.1, 0.15) is 18.0 Å². The van der Waals surface area contributed by atoms with Gasteiger partial charge in [0.25, 0.3) is 0 Å². The van der Waals surface area contributed by atoms with Gasteiger partial charge in [-0.25, -0.2) is 9.37 Å². The second-order valence-electron chi connectivity index (χ2n) is 4.84. The molecule has 6 nitrogen and oxygen atoms in total. The van der Waals surface area contributed by atoms with E-state index in [0.717, 1.165) is 5.82 Å². The second-order valence-corrected chi connectivity index (χ2v) is 4.84. The molecule has 1 fully saturated rings. The first-order valence-corrected chi connectivity index (χ1v) is 6.89. The molecule has 1 aromatic heterocycles. The summed E-state index contributed by atoms with van der Waals surface area (Å²) in [5.74, 6) is 0.537. The number of carbonyl (C=O) groups is 1. The van der Waals surface area contributed by atoms with Crippen molar-refractivity contribution in [2.45, 2.75) is 18.6 Å². The van der Waals surface area contributed by atoms with E-state index in [-0.39, 0.29) is 50.2 Å². The zero-order chi connectivity index (χ0) is 15.1. The van der Waals surface area contributed by atoms with Crippen molar-refractivity contribution in [2.24, 2.45) is 0 Å². The number of hydrogen-bond donors (Lipinski definition) is 2. The molecular weight excluding hydrogens is 344 g/mol. The molecule has 1 aliphatic rings. The van der Waals surface area contributed by atoms with E-state index in [9.17, 15) is 9.18 Å². The predicted octanol–water partition coefficient (Wildman–Crippen LogP) is 1.39. The Morgan fingerprint density at radius 1 is 1.43 bits per heavy atom. The summed E-state index contributed by atoms with van der Waals surface area (Å²) in [6.07, 6.45) is 0.718. The number of anilines is 1. The number of aromatic nitrogens is 1. The maximum absolute atomic E-state index is 13.2. The summed E-state index contributed by atoms with van der Waals surface area (Å²) in [7, 11) is 0. The largest absolute Gasteiger partial charge is 0.369 e. The van der Waals surface area contributed by atoms with E-state index < -0.39 is 12.2 Å². The normalized spacial score (nSPS) is 19.2. The number of nitriles is 1. The van der Waals surface area contributed by atoms with Crippen LogP contribution < -0.4 is 10.6 Å². The third-order valence-electron chi connectivity index (χ3n) is 3.27. The fraction of sp³-hybridized carbons (Fsp3) is 0.500. The quantitative estimate of drug-likeness (QED) is 0.746. The van der Waals surface area contributed by atoms with Gasteiger partial charge in [-0.15, -0.1) is 24.8 Å². The summed E-state index contributed by atoms with van der Waals surface area (Å²) in [5.41, 5.74) is 0. The minimum absolute atomic E-state index is 0. The summed E-state index contributed by atoms with van der Waals surface area (Å²) >= 11 is 0. The van der Waals surface area contributed by atoms with Gasteiger partial charge in [0, 0.05) is 25.7 Å². The van der Waals surface area contributed by atoms with Crippen LogP contribution in [0.25, 0.3) is 0 Å². The highest BCUT2D eigenvalue weighted by Crippen LogP contribution is 2.19. The zero-order valence-electron chi connectivity index (χ0n) is 12.4. The van der Waals surface area contributed by atoms with Crippen LogP contribution in [0.1, 0.15) is 6.42 Å². The van der Waals surface area contributed by atoms with Crippen molar-refractivity contribution in [1.29, 1.82) is 5.26 Å². The van der Waals surface area contributed by atoms with Gasteiger partial charge in [-0.2, -0.15) is 5.26 Å². The molecular formula is C14H20Cl2FN5O. The van der Waals surface area contributed by atoms with E-state index in [4.69, 9.17) is 5.26 Å². The molecule has 1 aromatic rings. The number of halogens is 3. The first kappa shape index (κ1) is 21.4. The molecule has 1 amide bonds. The SMILES string of the molecule is Cl.Cl.N#C[C@@H]1C[C@H](F)CN1C(=O)CNCCNc1ccccn1. The first-order chi connectivity index (χ1) is 10.2. The van der Waals surface area contributed by atoms with Crippen molar-refractivity contribution in [2.75, 3.05) is 31.5 Å². The third kappa shape index (κ3) is 6.57. The number of carbonyl (C=O) groups excluding carboxylic acids is 1. The van der Waals surface area contributed by atoms with Gasteiger partial charge in [-0.3, -0.25) is 4.79 Å². The number of pyridine rings is 1. The summed E-state index contributed by atoms with van der Waals surface area (Å²) in [5, 5.41) is 15.0. The monoisotopic (exact) mass is 363 g/mol. The Hall–Kier alpha value is -1.62. The van der Waals surface area contributed by atoms with Crippen molar-refractivity contribution < 1.29 is 9.18 Å². The highest BCUT2D eigenvalue weighted by molar-refractivity contribution is 5.85. The molecule has 0 unspecified atom stereocenters. The summed E-state index contributed by atoms with van der Waals surface area (Å²) < 4.78 is 13.2. The predicted molar refractivity (Wildman–Crippen MR) is 90.7 cm³/mol. The van der Waals surface area contributed by atoms with Crippen LogP contribution in [-0.2, 0) is 4.79 Å². The molecule has 2 atom stereocenters. The Morgan fingerprint density at radius 3 is 2.87 bits per heavy atom. The Morgan fingerprint density at radius 2 is 2.22 bits per heavy atom. The van der Waals surface area contributed by atoms with Gasteiger partial charge in [0.2, 0.25) is 5.91 Å². The van der Waals surface area contributed by atoms with Gasteiger partial charge in [0.15, 0.2) is 0 Å². The molecule has 0 saturated carbocycles. The van der Waals surface area contributed by atoms with Crippen molar-refractivity contribution in [3.63, 3.8) is 0 Å². The van der Waals surface area contributed by atoms with E-state index in [0.29, 0.717) is 13.1 Å². The average Bonchev–Trinajstić information content (AvgIpc) is 2.89. The first-order valence-electron chi connectivity index (χ1n) is 6.89. The van der Waals surface area contributed by atoms with Crippen LogP contribution in [0.4, 0.5) is 10.2 Å². The van der Waals surface area contributed by atoms with Gasteiger partial charge in [-0.1, -0.05) is 6.07 Å². The Balaban J connectivity index is 0.00000242. The number of nitrogens with one attached hydrogen (secondary N) is 2. The van der Waals surface area contributed by atoms with Crippen LogP contribution in [0.5, 0.6) is 0 Å². The van der Waals surface area contributed by atoms with Gasteiger partial charge in [0.05, 0.1) is 19.2 Å². The molecule has 23 heavy (non-hydrogen) atoms. The van der Waals surface area contributed by atoms with Crippen molar-refractivity contribution >= 4 is 36.5 Å². The maximum atomic E-state index is 13.2. The topological polar surface area (TPSA) is 81.0 Å². The van der Waals surface area contributed by atoms with E-state index in [2.05, 4.69) is 15.6 Å². The molecule has 0 aromatic carbocycles. The fourth-order valence-electron chi connectivity index (χ4n) is 2.23. The average molecular weight is 364 g/mol. The van der Waals surface area contributed by atoms with Gasteiger partial charge in [-0.05, 0) is 12.1 Å². The lowest BCUT2D eigenvalue weighted by atomic mass is 10.2. The molecule has 0 spiro atoms. The Kier molecular flexibility index (Phi) is 10.2. The maximum Gasteiger partial charge on any atom is 0.237 e. The molecule has 0 aliphatic carbocycles. The molecule has 2 rings (SSSR count). The molecule has 0 bridgehead atoms. The van der Waals surface area contributed by atoms with Crippen LogP contribution in [0.2, 0.25) is 0 Å². The number of alkyl halides is 1. The summed E-state index contributed by atoms with van der Waals surface area (Å²) in [6, 6.07) is 6.90. The number of nitrogens with zero attached hydrogens (tertiary/aromatic N) is 3. The van der Waals surface area contributed by atoms with E-state index in [1.165, 1.54) is 4.90 Å². The molecule has 1 saturated heterocycles. The van der Waals surface area contributed by atoms with Crippen LogP contribution in [0.3, 0.4) is 0 Å². The van der Waals surface area contributed by atoms with Crippen LogP contribution in [0, 0.1) is 11.3 Å². The number of hydrogen-bond acceptors (Lipinski definition) is 5. The number of likely N-dealkylation sites (tertiary alicyclic amines) is 1. The Bertz CT molecular complexity index is 514. The molecule has 2 N–H and O–H groups in total. The smallest absolute Gasteiger partial charge is 0.237 e. The lowest BCUT2D eigenvalue weighted by Gasteiger charge is -2.19. The lowest BCUT2D eigenvalue weighted by molar-refractivity contribution is -0.130. The second kappa shape index (κ2) is 11.0. The van der Waals surface area contributed by atoms with Crippen molar-refractivity contribution in [1.82, 2.24) is 15.2 Å². The molecule has 0 radical (unpaired) electrons. The standard InChI is InChI=1S/C14H18FN5O.2ClH/c15-11-7-12(8-16)20(10-11)14(21)9-17-5-6-19-13-3-1-2-4-18-13;;/h1-4,11-12,17H,5-7,9-10H2,(H,18,19);2*1H/t11-,12-;;/m0../s1. The lowest BCUT2D eigenvalue weighted by Crippen LogP contribution is -2.41. The minimum atomic E-state index is -1.09. The van der Waals surface area contributed by atoms with E-state index in [1.54, 1.807) is 6.20 Å². The highest BCUT2D eigenvalue weighted by Gasteiger charge is 2.34. The van der Waals surface area contributed by atoms with Gasteiger partial charge < -0.3 is 15.5 Å². The van der Waals surface area contributed by atoms with E-state index in [1.807, 2.05) is 24.3 Å². The molecule has 1 aliphatic heterocycles. The van der Waals surface area contributed by atoms with Crippen molar-refractivity contribution in [3.05, 3.63) is 24.4 Å².